The number of para-hydroxylation sites is 1. The van der Waals surface area contributed by atoms with Crippen molar-refractivity contribution in [1.29, 1.82) is 0 Å². The van der Waals surface area contributed by atoms with Gasteiger partial charge in [0.15, 0.2) is 11.6 Å². The first kappa shape index (κ1) is 24.5. The molecule has 0 bridgehead atoms. The van der Waals surface area contributed by atoms with E-state index in [2.05, 4.69) is 82.8 Å². The van der Waals surface area contributed by atoms with Gasteiger partial charge in [-0.25, -0.2) is 4.98 Å². The van der Waals surface area contributed by atoms with Gasteiger partial charge in [-0.1, -0.05) is 103 Å². The van der Waals surface area contributed by atoms with Gasteiger partial charge in [0.1, 0.15) is 11.2 Å². The summed E-state index contributed by atoms with van der Waals surface area (Å²) >= 11 is 6.49. The van der Waals surface area contributed by atoms with Crippen molar-refractivity contribution < 1.29 is 4.42 Å². The zero-order valence-corrected chi connectivity index (χ0v) is 23.1. The fraction of sp³-hybridized carbons (Fsp3) is 0. The predicted octanol–water partition coefficient (Wildman–Crippen LogP) is 10.2. The van der Waals surface area contributed by atoms with E-state index < -0.39 is 0 Å². The van der Waals surface area contributed by atoms with Crippen molar-refractivity contribution in [2.45, 2.75) is 0 Å². The van der Waals surface area contributed by atoms with E-state index in [-0.39, 0.29) is 5.28 Å². The van der Waals surface area contributed by atoms with Crippen LogP contribution in [0.25, 0.3) is 77.7 Å². The third-order valence-corrected chi connectivity index (χ3v) is 7.82. The molecule has 42 heavy (non-hydrogen) atoms. The molecule has 2 heterocycles. The standard InChI is InChI=1S/C37H22ClN3O/c38-37-40-35(39-36(41-37)31-13-7-15-33-34(31)30-12-4-5-14-32(30)42-33)29-11-6-10-24(22-29)26-18-19-27-20-25(16-17-28(27)21-26)23-8-2-1-3-9-23/h1-22H. The van der Waals surface area contributed by atoms with Crippen molar-refractivity contribution in [2.75, 3.05) is 0 Å². The van der Waals surface area contributed by atoms with Crippen LogP contribution in [0.2, 0.25) is 5.28 Å². The summed E-state index contributed by atoms with van der Waals surface area (Å²) in [7, 11) is 0. The number of rotatable bonds is 4. The summed E-state index contributed by atoms with van der Waals surface area (Å²) in [5.41, 5.74) is 7.92. The molecule has 8 aromatic rings. The highest BCUT2D eigenvalue weighted by molar-refractivity contribution is 6.28. The average Bonchev–Trinajstić information content (AvgIpc) is 3.43. The smallest absolute Gasteiger partial charge is 0.226 e. The Morgan fingerprint density at radius 1 is 0.452 bits per heavy atom. The van der Waals surface area contributed by atoms with Crippen molar-refractivity contribution in [3.8, 4) is 45.0 Å². The molecular weight excluding hydrogens is 538 g/mol. The van der Waals surface area contributed by atoms with Crippen molar-refractivity contribution >= 4 is 44.3 Å². The molecule has 0 N–H and O–H groups in total. The molecule has 0 spiro atoms. The zero-order valence-electron chi connectivity index (χ0n) is 22.3. The summed E-state index contributed by atoms with van der Waals surface area (Å²) in [6, 6.07) is 45.7. The van der Waals surface area contributed by atoms with Crippen LogP contribution in [-0.4, -0.2) is 15.0 Å². The van der Waals surface area contributed by atoms with E-state index in [0.29, 0.717) is 11.6 Å². The maximum Gasteiger partial charge on any atom is 0.226 e. The summed E-state index contributed by atoms with van der Waals surface area (Å²) in [6.07, 6.45) is 0. The molecule has 0 aliphatic carbocycles. The van der Waals surface area contributed by atoms with Gasteiger partial charge in [-0.05, 0) is 75.0 Å². The molecule has 0 amide bonds. The van der Waals surface area contributed by atoms with Crippen LogP contribution in [0.15, 0.2) is 138 Å². The molecule has 0 saturated heterocycles. The Bertz CT molecular complexity index is 2270. The molecule has 198 valence electrons. The zero-order chi connectivity index (χ0) is 28.0. The minimum Gasteiger partial charge on any atom is -0.456 e. The Morgan fingerprint density at radius 3 is 1.90 bits per heavy atom. The van der Waals surface area contributed by atoms with E-state index in [0.717, 1.165) is 44.2 Å². The van der Waals surface area contributed by atoms with E-state index in [1.165, 1.54) is 21.9 Å². The monoisotopic (exact) mass is 559 g/mol. The van der Waals surface area contributed by atoms with Gasteiger partial charge in [-0.3, -0.25) is 0 Å². The maximum absolute atomic E-state index is 6.49. The molecule has 0 aliphatic rings. The first-order valence-electron chi connectivity index (χ1n) is 13.7. The highest BCUT2D eigenvalue weighted by Crippen LogP contribution is 2.36. The fourth-order valence-corrected chi connectivity index (χ4v) is 5.79. The lowest BCUT2D eigenvalue weighted by Gasteiger charge is -2.09. The fourth-order valence-electron chi connectivity index (χ4n) is 5.63. The number of aromatic nitrogens is 3. The summed E-state index contributed by atoms with van der Waals surface area (Å²) < 4.78 is 6.08. The van der Waals surface area contributed by atoms with Crippen molar-refractivity contribution in [3.63, 3.8) is 0 Å². The second-order valence-electron chi connectivity index (χ2n) is 10.3. The number of benzene rings is 6. The summed E-state index contributed by atoms with van der Waals surface area (Å²) in [5, 5.41) is 4.50. The Labute approximate surface area is 246 Å². The highest BCUT2D eigenvalue weighted by atomic mass is 35.5. The van der Waals surface area contributed by atoms with Crippen molar-refractivity contribution in [1.82, 2.24) is 15.0 Å². The molecule has 0 aliphatic heterocycles. The number of halogens is 1. The molecule has 0 atom stereocenters. The average molecular weight is 560 g/mol. The minimum absolute atomic E-state index is 0.144. The SMILES string of the molecule is Clc1nc(-c2cccc(-c3ccc4cc(-c5ccccc5)ccc4c3)c2)nc(-c2cccc3oc4ccccc4c23)n1. The molecule has 4 nitrogen and oxygen atoms in total. The predicted molar refractivity (Wildman–Crippen MR) is 171 cm³/mol. The number of furan rings is 1. The third kappa shape index (κ3) is 4.30. The normalized spacial score (nSPS) is 11.5. The van der Waals surface area contributed by atoms with Crippen LogP contribution in [0, 0.1) is 0 Å². The third-order valence-electron chi connectivity index (χ3n) is 7.65. The first-order chi connectivity index (χ1) is 20.7. The van der Waals surface area contributed by atoms with Crippen LogP contribution in [0.4, 0.5) is 0 Å². The van der Waals surface area contributed by atoms with Crippen molar-refractivity contribution in [3.05, 3.63) is 139 Å². The highest BCUT2D eigenvalue weighted by Gasteiger charge is 2.16. The Morgan fingerprint density at radius 2 is 1.07 bits per heavy atom. The lowest BCUT2D eigenvalue weighted by Crippen LogP contribution is -1.97. The van der Waals surface area contributed by atoms with E-state index in [1.807, 2.05) is 60.7 Å². The molecule has 6 aromatic carbocycles. The van der Waals surface area contributed by atoms with Gasteiger partial charge in [0.05, 0.1) is 0 Å². The molecule has 0 fully saturated rings. The molecule has 0 saturated carbocycles. The van der Waals surface area contributed by atoms with Gasteiger partial charge >= 0.3 is 0 Å². The van der Waals surface area contributed by atoms with Crippen molar-refractivity contribution in [2.24, 2.45) is 0 Å². The molecule has 0 radical (unpaired) electrons. The van der Waals surface area contributed by atoms with E-state index in [9.17, 15) is 0 Å². The van der Waals surface area contributed by atoms with Gasteiger partial charge in [0, 0.05) is 21.9 Å². The molecule has 0 unspecified atom stereocenters. The van der Waals surface area contributed by atoms with Gasteiger partial charge in [-0.2, -0.15) is 9.97 Å². The van der Waals surface area contributed by atoms with Crippen LogP contribution in [-0.2, 0) is 0 Å². The van der Waals surface area contributed by atoms with Crippen LogP contribution >= 0.6 is 11.6 Å². The molecule has 5 heteroatoms. The molecular formula is C37H22ClN3O. The summed E-state index contributed by atoms with van der Waals surface area (Å²) in [6.45, 7) is 0. The summed E-state index contributed by atoms with van der Waals surface area (Å²) in [4.78, 5) is 13.9. The van der Waals surface area contributed by atoms with Gasteiger partial charge in [0.25, 0.3) is 0 Å². The topological polar surface area (TPSA) is 51.8 Å². The van der Waals surface area contributed by atoms with Crippen LogP contribution < -0.4 is 0 Å². The summed E-state index contributed by atoms with van der Waals surface area (Å²) in [5.74, 6) is 1.03. The van der Waals surface area contributed by atoms with E-state index in [4.69, 9.17) is 21.0 Å². The lowest BCUT2D eigenvalue weighted by atomic mass is 9.97. The van der Waals surface area contributed by atoms with Crippen LogP contribution in [0.1, 0.15) is 0 Å². The Hall–Kier alpha value is -5.32. The van der Waals surface area contributed by atoms with Crippen LogP contribution in [0.3, 0.4) is 0 Å². The van der Waals surface area contributed by atoms with Gasteiger partial charge in [0.2, 0.25) is 5.28 Å². The number of hydrogen-bond acceptors (Lipinski definition) is 4. The first-order valence-corrected chi connectivity index (χ1v) is 14.1. The largest absolute Gasteiger partial charge is 0.456 e. The van der Waals surface area contributed by atoms with Crippen LogP contribution in [0.5, 0.6) is 0 Å². The number of hydrogen-bond donors (Lipinski definition) is 0. The Balaban J connectivity index is 1.19. The van der Waals surface area contributed by atoms with E-state index >= 15 is 0 Å². The second-order valence-corrected chi connectivity index (χ2v) is 10.6. The number of fused-ring (bicyclic) bond motifs is 4. The quantitative estimate of drug-likeness (QED) is 0.215. The molecule has 2 aromatic heterocycles. The van der Waals surface area contributed by atoms with E-state index in [1.54, 1.807) is 0 Å². The maximum atomic E-state index is 6.49. The lowest BCUT2D eigenvalue weighted by molar-refractivity contribution is 0.669. The second kappa shape index (κ2) is 9.95. The van der Waals surface area contributed by atoms with Gasteiger partial charge in [-0.15, -0.1) is 0 Å². The Kier molecular flexibility index (Phi) is 5.80. The minimum atomic E-state index is 0.144. The van der Waals surface area contributed by atoms with Gasteiger partial charge < -0.3 is 4.42 Å². The molecule has 8 rings (SSSR count). The number of nitrogens with zero attached hydrogens (tertiary/aromatic N) is 3.